The molecule has 0 radical (unpaired) electrons. The number of thioether (sulfide) groups is 1. The van der Waals surface area contributed by atoms with Gasteiger partial charge in [0, 0.05) is 11.8 Å². The molecule has 4 heteroatoms. The third kappa shape index (κ3) is 2.95. The second-order valence-electron chi connectivity index (χ2n) is 5.25. The molecular formula is C15H22N2OS. The average molecular weight is 278 g/mol. The van der Waals surface area contributed by atoms with Crippen molar-refractivity contribution in [2.75, 3.05) is 18.6 Å². The van der Waals surface area contributed by atoms with Gasteiger partial charge in [0.05, 0.1) is 6.54 Å². The highest BCUT2D eigenvalue weighted by Gasteiger charge is 2.35. The van der Waals surface area contributed by atoms with Crippen LogP contribution in [0.5, 0.6) is 0 Å². The van der Waals surface area contributed by atoms with E-state index in [1.54, 1.807) is 11.8 Å². The molecule has 1 N–H and O–H groups in total. The molecule has 1 fully saturated rings. The van der Waals surface area contributed by atoms with E-state index in [4.69, 9.17) is 0 Å². The number of benzene rings is 1. The second-order valence-corrected chi connectivity index (χ2v) is 6.16. The summed E-state index contributed by atoms with van der Waals surface area (Å²) in [6, 6.07) is 6.68. The second kappa shape index (κ2) is 5.97. The molecule has 2 atom stereocenters. The number of hydrogen-bond acceptors (Lipinski definition) is 3. The minimum Gasteiger partial charge on any atom is -0.318 e. The van der Waals surface area contributed by atoms with E-state index in [2.05, 4.69) is 50.5 Å². The van der Waals surface area contributed by atoms with Gasteiger partial charge < -0.3 is 4.90 Å². The molecule has 1 amide bonds. The highest BCUT2D eigenvalue weighted by Crippen LogP contribution is 2.28. The molecule has 2 unspecified atom stereocenters. The Hall–Kier alpha value is -1.00. The van der Waals surface area contributed by atoms with E-state index >= 15 is 0 Å². The van der Waals surface area contributed by atoms with Crippen molar-refractivity contribution < 1.29 is 4.79 Å². The Morgan fingerprint density at radius 2 is 2.21 bits per heavy atom. The van der Waals surface area contributed by atoms with Crippen molar-refractivity contribution in [3.63, 3.8) is 0 Å². The lowest BCUT2D eigenvalue weighted by molar-refractivity contribution is -0.129. The van der Waals surface area contributed by atoms with Gasteiger partial charge in [-0.25, -0.2) is 0 Å². The van der Waals surface area contributed by atoms with Gasteiger partial charge >= 0.3 is 0 Å². The number of aryl methyl sites for hydroxylation is 2. The molecule has 0 spiro atoms. The quantitative estimate of drug-likeness (QED) is 0.918. The number of rotatable bonds is 4. The van der Waals surface area contributed by atoms with Gasteiger partial charge in [-0.05, 0) is 38.2 Å². The van der Waals surface area contributed by atoms with Crippen molar-refractivity contribution in [2.45, 2.75) is 33.0 Å². The molecule has 104 valence electrons. The maximum absolute atomic E-state index is 12.1. The topological polar surface area (TPSA) is 32.3 Å². The summed E-state index contributed by atoms with van der Waals surface area (Å²) in [5, 5.41) is 3.34. The van der Waals surface area contributed by atoms with Crippen LogP contribution < -0.4 is 5.32 Å². The van der Waals surface area contributed by atoms with Gasteiger partial charge in [-0.1, -0.05) is 23.8 Å². The van der Waals surface area contributed by atoms with Crippen molar-refractivity contribution in [3.8, 4) is 0 Å². The summed E-state index contributed by atoms with van der Waals surface area (Å²) in [4.78, 5) is 14.1. The van der Waals surface area contributed by atoms with E-state index in [-0.39, 0.29) is 18.1 Å². The van der Waals surface area contributed by atoms with E-state index in [1.165, 1.54) is 16.7 Å². The van der Waals surface area contributed by atoms with Gasteiger partial charge in [0.1, 0.15) is 6.17 Å². The molecule has 0 aromatic heterocycles. The van der Waals surface area contributed by atoms with Crippen LogP contribution in [0.4, 0.5) is 0 Å². The number of nitrogens with zero attached hydrogens (tertiary/aromatic N) is 1. The zero-order valence-electron chi connectivity index (χ0n) is 12.1. The largest absolute Gasteiger partial charge is 0.318 e. The monoisotopic (exact) mass is 278 g/mol. The third-order valence-corrected chi connectivity index (χ3v) is 4.43. The molecule has 19 heavy (non-hydrogen) atoms. The minimum absolute atomic E-state index is 0.0234. The van der Waals surface area contributed by atoms with Crippen molar-refractivity contribution >= 4 is 17.7 Å². The van der Waals surface area contributed by atoms with Crippen molar-refractivity contribution in [3.05, 3.63) is 34.9 Å². The predicted octanol–water partition coefficient (Wildman–Crippen LogP) is 2.49. The first kappa shape index (κ1) is 14.4. The molecule has 2 rings (SSSR count). The summed E-state index contributed by atoms with van der Waals surface area (Å²) in [5.41, 5.74) is 3.72. The average Bonchev–Trinajstić information content (AvgIpc) is 2.71. The van der Waals surface area contributed by atoms with Crippen LogP contribution in [0, 0.1) is 13.8 Å². The third-order valence-electron chi connectivity index (χ3n) is 3.62. The molecule has 1 aromatic carbocycles. The van der Waals surface area contributed by atoms with Gasteiger partial charge in [0.15, 0.2) is 0 Å². The van der Waals surface area contributed by atoms with Gasteiger partial charge in [-0.15, -0.1) is 0 Å². The molecular weight excluding hydrogens is 256 g/mol. The van der Waals surface area contributed by atoms with Crippen LogP contribution in [0.2, 0.25) is 0 Å². The molecule has 1 aliphatic rings. The fourth-order valence-corrected chi connectivity index (χ4v) is 3.37. The number of carbonyl (C=O) groups excluding carboxylic acids is 1. The lowest BCUT2D eigenvalue weighted by Crippen LogP contribution is -2.39. The Morgan fingerprint density at radius 1 is 1.47 bits per heavy atom. The summed E-state index contributed by atoms with van der Waals surface area (Å²) >= 11 is 1.78. The van der Waals surface area contributed by atoms with Gasteiger partial charge in [0.25, 0.3) is 0 Å². The highest BCUT2D eigenvalue weighted by atomic mass is 32.2. The smallest absolute Gasteiger partial charge is 0.238 e. The number of amides is 1. The van der Waals surface area contributed by atoms with E-state index in [0.717, 1.165) is 5.75 Å². The Balaban J connectivity index is 2.29. The normalized spacial score (nSPS) is 20.9. The predicted molar refractivity (Wildman–Crippen MR) is 81.3 cm³/mol. The molecule has 1 saturated heterocycles. The number of carbonyl (C=O) groups is 1. The summed E-state index contributed by atoms with van der Waals surface area (Å²) in [6.07, 6.45) is 2.10. The van der Waals surface area contributed by atoms with Gasteiger partial charge in [-0.3, -0.25) is 10.1 Å². The lowest BCUT2D eigenvalue weighted by Gasteiger charge is -2.31. The fraction of sp³-hybridized carbons (Fsp3) is 0.533. The van der Waals surface area contributed by atoms with Crippen LogP contribution in [0.1, 0.15) is 29.8 Å². The fourth-order valence-electron chi connectivity index (χ4n) is 2.73. The highest BCUT2D eigenvalue weighted by molar-refractivity contribution is 7.98. The maximum atomic E-state index is 12.1. The Labute approximate surface area is 119 Å². The van der Waals surface area contributed by atoms with Crippen LogP contribution in [0.3, 0.4) is 0 Å². The van der Waals surface area contributed by atoms with Gasteiger partial charge in [-0.2, -0.15) is 11.8 Å². The molecule has 0 aliphatic carbocycles. The van der Waals surface area contributed by atoms with Crippen molar-refractivity contribution in [1.82, 2.24) is 10.2 Å². The van der Waals surface area contributed by atoms with E-state index in [9.17, 15) is 4.79 Å². The molecule has 0 bridgehead atoms. The van der Waals surface area contributed by atoms with E-state index in [0.29, 0.717) is 6.54 Å². The first-order valence-electron chi connectivity index (χ1n) is 6.65. The van der Waals surface area contributed by atoms with Crippen LogP contribution in [0.15, 0.2) is 18.2 Å². The Morgan fingerprint density at radius 3 is 2.84 bits per heavy atom. The summed E-state index contributed by atoms with van der Waals surface area (Å²) in [6.45, 7) is 6.77. The molecule has 1 aromatic rings. The van der Waals surface area contributed by atoms with Crippen LogP contribution in [0.25, 0.3) is 0 Å². The SMILES string of the molecule is CSCC(C)N1C(=O)CNC1c1ccc(C)cc1C. The molecule has 1 heterocycles. The first-order chi connectivity index (χ1) is 9.04. The molecule has 3 nitrogen and oxygen atoms in total. The van der Waals surface area contributed by atoms with Crippen molar-refractivity contribution in [2.24, 2.45) is 0 Å². The van der Waals surface area contributed by atoms with Crippen LogP contribution in [-0.2, 0) is 4.79 Å². The summed E-state index contributed by atoms with van der Waals surface area (Å²) < 4.78 is 0. The zero-order valence-corrected chi connectivity index (χ0v) is 12.9. The standard InChI is InChI=1S/C15H22N2OS/c1-10-5-6-13(11(2)7-10)15-16-8-14(18)17(15)12(3)9-19-4/h5-7,12,15-16H,8-9H2,1-4H3. The minimum atomic E-state index is 0.0234. The molecule has 0 saturated carbocycles. The zero-order chi connectivity index (χ0) is 14.0. The first-order valence-corrected chi connectivity index (χ1v) is 8.04. The summed E-state index contributed by atoms with van der Waals surface area (Å²) in [5.74, 6) is 1.17. The Bertz CT molecular complexity index is 475. The summed E-state index contributed by atoms with van der Waals surface area (Å²) in [7, 11) is 0. The maximum Gasteiger partial charge on any atom is 0.238 e. The van der Waals surface area contributed by atoms with E-state index < -0.39 is 0 Å². The van der Waals surface area contributed by atoms with Gasteiger partial charge in [0.2, 0.25) is 5.91 Å². The van der Waals surface area contributed by atoms with Crippen LogP contribution >= 0.6 is 11.8 Å². The van der Waals surface area contributed by atoms with E-state index in [1.807, 2.05) is 4.90 Å². The Kier molecular flexibility index (Phi) is 4.53. The van der Waals surface area contributed by atoms with Crippen molar-refractivity contribution in [1.29, 1.82) is 0 Å². The number of hydrogen-bond donors (Lipinski definition) is 1. The lowest BCUT2D eigenvalue weighted by atomic mass is 10.0. The van der Waals surface area contributed by atoms with Crippen LogP contribution in [-0.4, -0.2) is 35.4 Å². The molecule has 1 aliphatic heterocycles. The number of nitrogens with one attached hydrogen (secondary N) is 1.